The fourth-order valence-corrected chi connectivity index (χ4v) is 5.96. The van der Waals surface area contributed by atoms with Crippen molar-refractivity contribution < 1.29 is 18.0 Å². The van der Waals surface area contributed by atoms with Gasteiger partial charge in [0.1, 0.15) is 12.6 Å². The maximum atomic E-state index is 14.0. The number of benzene rings is 3. The number of carbonyl (C=O) groups excluding carboxylic acids is 2. The van der Waals surface area contributed by atoms with Gasteiger partial charge in [0, 0.05) is 12.6 Å². The van der Waals surface area contributed by atoms with Gasteiger partial charge in [-0.2, -0.15) is 0 Å². The molecule has 0 saturated carbocycles. The van der Waals surface area contributed by atoms with Gasteiger partial charge in [0.2, 0.25) is 11.8 Å². The summed E-state index contributed by atoms with van der Waals surface area (Å²) in [6.07, 6.45) is 1.28. The molecule has 0 spiro atoms. The Bertz CT molecular complexity index is 1430. The fourth-order valence-electron chi connectivity index (χ4n) is 4.17. The molecule has 10 heteroatoms. The highest BCUT2D eigenvalue weighted by atomic mass is 35.5. The summed E-state index contributed by atoms with van der Waals surface area (Å²) < 4.78 is 29.0. The fraction of sp³-hybridized carbons (Fsp3) is 0.333. The molecule has 2 unspecified atom stereocenters. The molecule has 1 N–H and O–H groups in total. The van der Waals surface area contributed by atoms with Gasteiger partial charge < -0.3 is 10.2 Å². The Labute approximate surface area is 247 Å². The lowest BCUT2D eigenvalue weighted by Crippen LogP contribution is -2.52. The number of carbonyl (C=O) groups is 2. The molecular weight excluding hydrogens is 569 g/mol. The third-order valence-electron chi connectivity index (χ3n) is 6.76. The predicted octanol–water partition coefficient (Wildman–Crippen LogP) is 6.08. The first-order valence-corrected chi connectivity index (χ1v) is 15.4. The zero-order chi connectivity index (χ0) is 29.4. The minimum atomic E-state index is -4.12. The molecule has 0 bridgehead atoms. The first kappa shape index (κ1) is 31.5. The molecule has 0 aliphatic heterocycles. The molecule has 214 valence electrons. The molecule has 0 radical (unpaired) electrons. The summed E-state index contributed by atoms with van der Waals surface area (Å²) in [4.78, 5) is 28.6. The maximum Gasteiger partial charge on any atom is 0.264 e. The van der Waals surface area contributed by atoms with Gasteiger partial charge >= 0.3 is 0 Å². The van der Waals surface area contributed by atoms with Gasteiger partial charge in [-0.15, -0.1) is 0 Å². The molecule has 7 nitrogen and oxygen atoms in total. The van der Waals surface area contributed by atoms with E-state index in [1.165, 1.54) is 17.0 Å². The van der Waals surface area contributed by atoms with Crippen LogP contribution in [0.5, 0.6) is 0 Å². The lowest BCUT2D eigenvalue weighted by molar-refractivity contribution is -0.139. The number of aryl methyl sites for hydroxylation is 1. The average Bonchev–Trinajstić information content (AvgIpc) is 2.96. The van der Waals surface area contributed by atoms with Gasteiger partial charge in [0.05, 0.1) is 20.6 Å². The Hall–Kier alpha value is -3.07. The van der Waals surface area contributed by atoms with E-state index < -0.39 is 28.5 Å². The number of para-hydroxylation sites is 1. The summed E-state index contributed by atoms with van der Waals surface area (Å²) in [7, 11) is -4.12. The molecule has 0 fully saturated rings. The van der Waals surface area contributed by atoms with E-state index >= 15 is 0 Å². The second kappa shape index (κ2) is 14.0. The van der Waals surface area contributed by atoms with E-state index in [1.54, 1.807) is 55.5 Å². The zero-order valence-corrected chi connectivity index (χ0v) is 25.4. The van der Waals surface area contributed by atoms with Crippen molar-refractivity contribution in [1.29, 1.82) is 0 Å². The molecule has 0 aromatic heterocycles. The first-order chi connectivity index (χ1) is 19.0. The average molecular weight is 605 g/mol. The third-order valence-corrected chi connectivity index (χ3v) is 9.27. The van der Waals surface area contributed by atoms with E-state index in [9.17, 15) is 18.0 Å². The Morgan fingerprint density at radius 3 is 2.17 bits per heavy atom. The van der Waals surface area contributed by atoms with E-state index in [-0.39, 0.29) is 23.4 Å². The van der Waals surface area contributed by atoms with E-state index in [4.69, 9.17) is 23.2 Å². The van der Waals surface area contributed by atoms with E-state index in [1.807, 2.05) is 32.9 Å². The number of hydrogen-bond acceptors (Lipinski definition) is 4. The predicted molar refractivity (Wildman–Crippen MR) is 161 cm³/mol. The van der Waals surface area contributed by atoms with Crippen molar-refractivity contribution in [3.05, 3.63) is 94.0 Å². The summed E-state index contributed by atoms with van der Waals surface area (Å²) in [6.45, 7) is 6.91. The lowest BCUT2D eigenvalue weighted by Gasteiger charge is -2.33. The number of hydrogen-bond donors (Lipinski definition) is 1. The molecule has 0 heterocycles. The minimum absolute atomic E-state index is 0.0272. The molecule has 3 rings (SSSR count). The van der Waals surface area contributed by atoms with Crippen LogP contribution in [-0.2, 0) is 32.6 Å². The topological polar surface area (TPSA) is 86.8 Å². The van der Waals surface area contributed by atoms with Crippen molar-refractivity contribution in [2.75, 3.05) is 10.8 Å². The van der Waals surface area contributed by atoms with Gasteiger partial charge in [0.15, 0.2) is 0 Å². The van der Waals surface area contributed by atoms with E-state index in [0.717, 1.165) is 16.3 Å². The van der Waals surface area contributed by atoms with Crippen molar-refractivity contribution in [2.24, 2.45) is 0 Å². The van der Waals surface area contributed by atoms with Crippen LogP contribution < -0.4 is 9.62 Å². The van der Waals surface area contributed by atoms with Crippen molar-refractivity contribution >= 4 is 50.7 Å². The van der Waals surface area contributed by atoms with Crippen LogP contribution >= 0.6 is 23.2 Å². The monoisotopic (exact) mass is 603 g/mol. The highest BCUT2D eigenvalue weighted by Crippen LogP contribution is 2.29. The highest BCUT2D eigenvalue weighted by Gasteiger charge is 2.33. The largest absolute Gasteiger partial charge is 0.352 e. The van der Waals surface area contributed by atoms with E-state index in [2.05, 4.69) is 5.32 Å². The van der Waals surface area contributed by atoms with Crippen molar-refractivity contribution in [2.45, 2.75) is 64.1 Å². The molecule has 0 aliphatic carbocycles. The summed E-state index contributed by atoms with van der Waals surface area (Å²) >= 11 is 12.3. The second-order valence-corrected chi connectivity index (χ2v) is 12.2. The molecule has 3 aromatic rings. The number of anilines is 1. The Balaban J connectivity index is 2.06. The van der Waals surface area contributed by atoms with Crippen LogP contribution in [0.4, 0.5) is 5.69 Å². The molecule has 0 saturated heterocycles. The second-order valence-electron chi connectivity index (χ2n) is 9.57. The Morgan fingerprint density at radius 1 is 0.900 bits per heavy atom. The SMILES string of the molecule is CCc1ccccc1N(CC(=O)N(Cc1ccc(Cl)c(Cl)c1)C(C)C(=O)NC(C)CC)S(=O)(=O)c1ccccc1. The summed E-state index contributed by atoms with van der Waals surface area (Å²) in [6, 6.07) is 19.1. The van der Waals surface area contributed by atoms with Crippen molar-refractivity contribution in [3.8, 4) is 0 Å². The van der Waals surface area contributed by atoms with Crippen LogP contribution in [0.3, 0.4) is 0 Å². The Kier molecular flexibility index (Phi) is 11.0. The molecule has 2 atom stereocenters. The van der Waals surface area contributed by atoms with Crippen LogP contribution in [0.25, 0.3) is 0 Å². The van der Waals surface area contributed by atoms with Gasteiger partial charge in [-0.3, -0.25) is 13.9 Å². The van der Waals surface area contributed by atoms with Crippen LogP contribution in [0.15, 0.2) is 77.7 Å². The van der Waals surface area contributed by atoms with Crippen molar-refractivity contribution in [3.63, 3.8) is 0 Å². The molecule has 3 aromatic carbocycles. The number of sulfonamides is 1. The van der Waals surface area contributed by atoms with E-state index in [0.29, 0.717) is 27.7 Å². The minimum Gasteiger partial charge on any atom is -0.352 e. The number of nitrogens with one attached hydrogen (secondary N) is 1. The summed E-state index contributed by atoms with van der Waals surface area (Å²) in [5.74, 6) is -0.877. The molecule has 40 heavy (non-hydrogen) atoms. The quantitative estimate of drug-likeness (QED) is 0.272. The van der Waals surface area contributed by atoms with Crippen LogP contribution in [0.2, 0.25) is 10.0 Å². The van der Waals surface area contributed by atoms with Gasteiger partial charge in [-0.25, -0.2) is 8.42 Å². The van der Waals surface area contributed by atoms with Crippen LogP contribution in [0.1, 0.15) is 45.2 Å². The van der Waals surface area contributed by atoms with Gasteiger partial charge in [-0.05, 0) is 68.1 Å². The normalized spacial score (nSPS) is 12.8. The third kappa shape index (κ3) is 7.56. The lowest BCUT2D eigenvalue weighted by atomic mass is 10.1. The first-order valence-electron chi connectivity index (χ1n) is 13.2. The zero-order valence-electron chi connectivity index (χ0n) is 23.1. The number of nitrogens with zero attached hydrogens (tertiary/aromatic N) is 2. The highest BCUT2D eigenvalue weighted by molar-refractivity contribution is 7.92. The summed E-state index contributed by atoms with van der Waals surface area (Å²) in [5.41, 5.74) is 1.83. The van der Waals surface area contributed by atoms with Crippen molar-refractivity contribution in [1.82, 2.24) is 10.2 Å². The van der Waals surface area contributed by atoms with Crippen LogP contribution in [0, 0.1) is 0 Å². The smallest absolute Gasteiger partial charge is 0.264 e. The molecule has 0 aliphatic rings. The number of rotatable bonds is 12. The number of halogens is 2. The van der Waals surface area contributed by atoms with Crippen LogP contribution in [-0.4, -0.2) is 43.8 Å². The standard InChI is InChI=1S/C30H35Cl2N3O4S/c1-5-21(3)33-30(37)22(4)34(19-23-16-17-26(31)27(32)18-23)29(36)20-35(28-15-11-10-12-24(28)6-2)40(38,39)25-13-8-7-9-14-25/h7-18,21-22H,5-6,19-20H2,1-4H3,(H,33,37). The molecular formula is C30H35Cl2N3O4S. The summed E-state index contributed by atoms with van der Waals surface area (Å²) in [5, 5.41) is 3.59. The number of amides is 2. The van der Waals surface area contributed by atoms with Gasteiger partial charge in [0.25, 0.3) is 10.0 Å². The molecule has 2 amide bonds. The Morgan fingerprint density at radius 2 is 1.55 bits per heavy atom. The maximum absolute atomic E-state index is 14.0. The van der Waals surface area contributed by atoms with Gasteiger partial charge in [-0.1, -0.05) is 79.5 Å².